The minimum Gasteiger partial charge on any atom is -0.354 e. The fraction of sp³-hybridized carbons (Fsp3) is 0.632. The Morgan fingerprint density at radius 3 is 2.43 bits per heavy atom. The molecule has 0 aromatic heterocycles. The first-order valence-corrected chi connectivity index (χ1v) is 8.81. The van der Waals surface area contributed by atoms with E-state index in [1.807, 2.05) is 20.0 Å². The van der Waals surface area contributed by atoms with Crippen LogP contribution in [0.25, 0.3) is 0 Å². The van der Waals surface area contributed by atoms with Gasteiger partial charge >= 0.3 is 0 Å². The van der Waals surface area contributed by atoms with Gasteiger partial charge in [0.05, 0.1) is 0 Å². The Morgan fingerprint density at radius 1 is 1.17 bits per heavy atom. The predicted molar refractivity (Wildman–Crippen MR) is 95.3 cm³/mol. The molecule has 2 unspecified atom stereocenters. The molecular formula is C19H31N3O. The molecular weight excluding hydrogens is 286 g/mol. The van der Waals surface area contributed by atoms with Gasteiger partial charge in [0.25, 0.3) is 0 Å². The van der Waals surface area contributed by atoms with Crippen LogP contribution in [0.4, 0.5) is 0 Å². The molecule has 0 aliphatic heterocycles. The zero-order valence-corrected chi connectivity index (χ0v) is 14.7. The van der Waals surface area contributed by atoms with Crippen molar-refractivity contribution in [2.75, 3.05) is 20.1 Å². The first kappa shape index (κ1) is 18.0. The van der Waals surface area contributed by atoms with E-state index in [9.17, 15) is 4.79 Å². The second kappa shape index (κ2) is 8.46. The van der Waals surface area contributed by atoms with Gasteiger partial charge < -0.3 is 16.0 Å². The first-order chi connectivity index (χ1) is 11.1. The summed E-state index contributed by atoms with van der Waals surface area (Å²) in [6.45, 7) is 5.61. The molecule has 0 bridgehead atoms. The number of hydrogen-bond acceptors (Lipinski definition) is 3. The topological polar surface area (TPSA) is 53.2 Å². The van der Waals surface area contributed by atoms with E-state index in [2.05, 4.69) is 47.1 Å². The molecule has 2 rings (SSSR count). The van der Waals surface area contributed by atoms with Crippen molar-refractivity contribution in [2.24, 2.45) is 5.92 Å². The zero-order valence-electron chi connectivity index (χ0n) is 14.7. The van der Waals surface area contributed by atoms with Crippen molar-refractivity contribution in [1.29, 1.82) is 0 Å². The highest BCUT2D eigenvalue weighted by Gasteiger charge is 2.35. The lowest BCUT2D eigenvalue weighted by atomic mass is 9.94. The quantitative estimate of drug-likeness (QED) is 0.691. The number of amides is 1. The molecule has 0 spiro atoms. The minimum atomic E-state index is 0.00463. The van der Waals surface area contributed by atoms with Crippen LogP contribution in [0.5, 0.6) is 0 Å². The van der Waals surface area contributed by atoms with Gasteiger partial charge in [0.1, 0.15) is 0 Å². The Labute approximate surface area is 140 Å². The van der Waals surface area contributed by atoms with Gasteiger partial charge in [0, 0.05) is 30.6 Å². The van der Waals surface area contributed by atoms with Crippen LogP contribution in [-0.2, 0) is 4.79 Å². The lowest BCUT2D eigenvalue weighted by Crippen LogP contribution is -2.53. The number of hydrogen-bond donors (Lipinski definition) is 3. The molecule has 1 aliphatic carbocycles. The summed E-state index contributed by atoms with van der Waals surface area (Å²) < 4.78 is 0. The van der Waals surface area contributed by atoms with Crippen molar-refractivity contribution in [2.45, 2.75) is 51.1 Å². The van der Waals surface area contributed by atoms with Crippen molar-refractivity contribution in [3.63, 3.8) is 0 Å². The average molecular weight is 317 g/mol. The van der Waals surface area contributed by atoms with E-state index in [0.717, 1.165) is 19.4 Å². The van der Waals surface area contributed by atoms with E-state index >= 15 is 0 Å². The summed E-state index contributed by atoms with van der Waals surface area (Å²) in [5.74, 6) is 0.143. The Kier molecular flexibility index (Phi) is 6.60. The highest BCUT2D eigenvalue weighted by molar-refractivity contribution is 5.78. The molecule has 1 saturated carbocycles. The molecule has 1 amide bonds. The first-order valence-electron chi connectivity index (χ1n) is 8.81. The molecule has 0 heterocycles. The molecule has 128 valence electrons. The van der Waals surface area contributed by atoms with Crippen molar-refractivity contribution in [1.82, 2.24) is 16.0 Å². The second-order valence-electron chi connectivity index (χ2n) is 6.94. The monoisotopic (exact) mass is 317 g/mol. The normalized spacial score (nSPS) is 19.3. The SMILES string of the molecule is CNCC(C)C(=O)NCC1(NC(C)c2ccccc2)CCCC1. The molecule has 0 saturated heterocycles. The van der Waals surface area contributed by atoms with Crippen LogP contribution < -0.4 is 16.0 Å². The molecule has 1 fully saturated rings. The van der Waals surface area contributed by atoms with Crippen LogP contribution >= 0.6 is 0 Å². The molecule has 4 nitrogen and oxygen atoms in total. The van der Waals surface area contributed by atoms with Crippen molar-refractivity contribution >= 4 is 5.91 Å². The highest BCUT2D eigenvalue weighted by atomic mass is 16.1. The largest absolute Gasteiger partial charge is 0.354 e. The predicted octanol–water partition coefficient (Wildman–Crippen LogP) is 2.62. The van der Waals surface area contributed by atoms with Gasteiger partial charge in [-0.2, -0.15) is 0 Å². The lowest BCUT2D eigenvalue weighted by molar-refractivity contribution is -0.124. The standard InChI is InChI=1S/C19H31N3O/c1-15(13-20-3)18(23)21-14-19(11-7-8-12-19)22-16(2)17-9-5-4-6-10-17/h4-6,9-10,15-16,20,22H,7-8,11-14H2,1-3H3,(H,21,23). The third kappa shape index (κ3) is 5.05. The Morgan fingerprint density at radius 2 is 1.83 bits per heavy atom. The number of carbonyl (C=O) groups excluding carboxylic acids is 1. The fourth-order valence-corrected chi connectivity index (χ4v) is 3.54. The summed E-state index contributed by atoms with van der Waals surface area (Å²) >= 11 is 0. The van der Waals surface area contributed by atoms with E-state index in [0.29, 0.717) is 12.6 Å². The van der Waals surface area contributed by atoms with Crippen LogP contribution in [-0.4, -0.2) is 31.6 Å². The summed E-state index contributed by atoms with van der Waals surface area (Å²) in [6, 6.07) is 10.8. The van der Waals surface area contributed by atoms with E-state index in [4.69, 9.17) is 0 Å². The van der Waals surface area contributed by atoms with Gasteiger partial charge in [-0.25, -0.2) is 0 Å². The summed E-state index contributed by atoms with van der Waals surface area (Å²) in [7, 11) is 1.88. The van der Waals surface area contributed by atoms with Gasteiger partial charge in [-0.15, -0.1) is 0 Å². The van der Waals surface area contributed by atoms with Crippen LogP contribution in [0.1, 0.15) is 51.1 Å². The maximum absolute atomic E-state index is 12.2. The highest BCUT2D eigenvalue weighted by Crippen LogP contribution is 2.31. The second-order valence-corrected chi connectivity index (χ2v) is 6.94. The summed E-state index contributed by atoms with van der Waals surface area (Å²) in [5.41, 5.74) is 1.33. The molecule has 23 heavy (non-hydrogen) atoms. The van der Waals surface area contributed by atoms with Gasteiger partial charge in [0.2, 0.25) is 5.91 Å². The fourth-order valence-electron chi connectivity index (χ4n) is 3.54. The van der Waals surface area contributed by atoms with Gasteiger partial charge in [-0.3, -0.25) is 4.79 Å². The summed E-state index contributed by atoms with van der Waals surface area (Å²) in [5, 5.41) is 10.0. The molecule has 1 aliphatic rings. The smallest absolute Gasteiger partial charge is 0.224 e. The Bertz CT molecular complexity index is 483. The number of carbonyl (C=O) groups is 1. The van der Waals surface area contributed by atoms with Crippen molar-refractivity contribution in [3.05, 3.63) is 35.9 Å². The third-order valence-electron chi connectivity index (χ3n) is 4.94. The molecule has 1 aromatic rings. The van der Waals surface area contributed by atoms with Crippen LogP contribution in [0, 0.1) is 5.92 Å². The van der Waals surface area contributed by atoms with Gasteiger partial charge in [-0.05, 0) is 32.4 Å². The Hall–Kier alpha value is -1.39. The zero-order chi connectivity index (χ0) is 16.7. The summed E-state index contributed by atoms with van der Waals surface area (Å²) in [4.78, 5) is 12.2. The lowest BCUT2D eigenvalue weighted by Gasteiger charge is -2.34. The molecule has 3 N–H and O–H groups in total. The number of rotatable bonds is 8. The van der Waals surface area contributed by atoms with E-state index < -0.39 is 0 Å². The molecule has 2 atom stereocenters. The van der Waals surface area contributed by atoms with E-state index in [1.165, 1.54) is 18.4 Å². The third-order valence-corrected chi connectivity index (χ3v) is 4.94. The van der Waals surface area contributed by atoms with Gasteiger partial charge in [0.15, 0.2) is 0 Å². The average Bonchev–Trinajstić information content (AvgIpc) is 3.02. The molecule has 4 heteroatoms. The maximum atomic E-state index is 12.2. The summed E-state index contributed by atoms with van der Waals surface area (Å²) in [6.07, 6.45) is 4.72. The van der Waals surface area contributed by atoms with E-state index in [-0.39, 0.29) is 17.4 Å². The number of nitrogens with one attached hydrogen (secondary N) is 3. The van der Waals surface area contributed by atoms with E-state index in [1.54, 1.807) is 0 Å². The maximum Gasteiger partial charge on any atom is 0.224 e. The number of benzene rings is 1. The van der Waals surface area contributed by atoms with Crippen LogP contribution in [0.15, 0.2) is 30.3 Å². The van der Waals surface area contributed by atoms with Gasteiger partial charge in [-0.1, -0.05) is 50.1 Å². The van der Waals surface area contributed by atoms with Crippen LogP contribution in [0.2, 0.25) is 0 Å². The van der Waals surface area contributed by atoms with Crippen LogP contribution in [0.3, 0.4) is 0 Å². The molecule has 1 aromatic carbocycles. The minimum absolute atomic E-state index is 0.00463. The molecule has 0 radical (unpaired) electrons. The van der Waals surface area contributed by atoms with Crippen molar-refractivity contribution in [3.8, 4) is 0 Å². The Balaban J connectivity index is 1.95. The van der Waals surface area contributed by atoms with Crippen molar-refractivity contribution < 1.29 is 4.79 Å².